The van der Waals surface area contributed by atoms with Gasteiger partial charge < -0.3 is 15.0 Å². The summed E-state index contributed by atoms with van der Waals surface area (Å²) in [5.41, 5.74) is 0.00608. The van der Waals surface area contributed by atoms with Gasteiger partial charge >= 0.3 is 6.18 Å². The molecule has 2 atom stereocenters. The molecule has 0 aliphatic carbocycles. The lowest BCUT2D eigenvalue weighted by Crippen LogP contribution is -2.57. The number of nitrogens with one attached hydrogen (secondary N) is 1. The first kappa shape index (κ1) is 18.1. The Balaban J connectivity index is 1.47. The molecule has 0 spiro atoms. The molecule has 3 aliphatic rings. The van der Waals surface area contributed by atoms with Crippen molar-refractivity contribution < 1.29 is 17.9 Å². The number of ether oxygens (including phenoxy) is 1. The second-order valence-corrected chi connectivity index (χ2v) is 7.28. The smallest absolute Gasteiger partial charge is 0.371 e. The van der Waals surface area contributed by atoms with E-state index in [2.05, 4.69) is 20.3 Å². The average Bonchev–Trinajstić information content (AvgIpc) is 2.71. The number of halogens is 3. The van der Waals surface area contributed by atoms with Crippen LogP contribution in [0.15, 0.2) is 42.6 Å². The monoisotopic (exact) mass is 401 g/mol. The van der Waals surface area contributed by atoms with Gasteiger partial charge in [0.2, 0.25) is 5.95 Å². The number of fused-ring (bicyclic) bond motifs is 3. The van der Waals surface area contributed by atoms with E-state index in [4.69, 9.17) is 4.74 Å². The molecule has 6 nitrogen and oxygen atoms in total. The normalized spacial score (nSPS) is 21.1. The van der Waals surface area contributed by atoms with Crippen LogP contribution in [0.4, 0.5) is 24.9 Å². The molecular weight excluding hydrogens is 383 g/mol. The van der Waals surface area contributed by atoms with E-state index in [1.54, 1.807) is 24.4 Å². The fourth-order valence-corrected chi connectivity index (χ4v) is 3.88. The Morgan fingerprint density at radius 2 is 1.83 bits per heavy atom. The van der Waals surface area contributed by atoms with Crippen molar-refractivity contribution >= 4 is 22.8 Å². The number of benzene rings is 1. The van der Waals surface area contributed by atoms with Crippen molar-refractivity contribution in [2.75, 3.05) is 23.3 Å². The molecule has 2 unspecified atom stereocenters. The van der Waals surface area contributed by atoms with E-state index in [0.717, 1.165) is 12.5 Å². The summed E-state index contributed by atoms with van der Waals surface area (Å²) in [6, 6.07) is 9.09. The Morgan fingerprint density at radius 1 is 1.07 bits per heavy atom. The van der Waals surface area contributed by atoms with Gasteiger partial charge in [0.05, 0.1) is 23.2 Å². The van der Waals surface area contributed by atoms with E-state index in [1.165, 1.54) is 12.1 Å². The van der Waals surface area contributed by atoms with Crippen molar-refractivity contribution in [3.63, 3.8) is 0 Å². The maximum atomic E-state index is 13.3. The number of aromatic nitrogens is 3. The number of hydrogen-bond acceptors (Lipinski definition) is 6. The molecule has 150 valence electrons. The first-order valence-corrected chi connectivity index (χ1v) is 9.39. The number of nitrogens with zero attached hydrogens (tertiary/aromatic N) is 4. The Labute approximate surface area is 164 Å². The highest BCUT2D eigenvalue weighted by atomic mass is 19.4. The van der Waals surface area contributed by atoms with E-state index in [9.17, 15) is 13.2 Å². The minimum atomic E-state index is -4.41. The van der Waals surface area contributed by atoms with Crippen LogP contribution in [0.25, 0.3) is 11.0 Å². The number of piperidine rings is 1. The Hall–Kier alpha value is -2.94. The third-order valence-electron chi connectivity index (χ3n) is 5.27. The average molecular weight is 401 g/mol. The number of morpholine rings is 1. The zero-order valence-corrected chi connectivity index (χ0v) is 15.4. The highest BCUT2D eigenvalue weighted by molar-refractivity contribution is 5.87. The van der Waals surface area contributed by atoms with E-state index in [1.807, 2.05) is 4.90 Å². The Morgan fingerprint density at radius 3 is 2.59 bits per heavy atom. The molecule has 0 saturated carbocycles. The standard InChI is InChI=1S/C20H18F3N5O/c21-20(22,23)16-6-2-1-4-12(16)9-25-18-15-5-3-7-24-17(15)26-19(27-18)28-10-13-8-14(11-28)29-13/h1-7,13-14H,8-11H2,(H,24,25,26,27). The highest BCUT2D eigenvalue weighted by Gasteiger charge is 2.39. The predicted molar refractivity (Wildman–Crippen MR) is 102 cm³/mol. The van der Waals surface area contributed by atoms with Crippen molar-refractivity contribution in [3.8, 4) is 0 Å². The quantitative estimate of drug-likeness (QED) is 0.720. The van der Waals surface area contributed by atoms with Crippen LogP contribution in [0.5, 0.6) is 0 Å². The summed E-state index contributed by atoms with van der Waals surface area (Å²) in [6.07, 6.45) is -1.35. The van der Waals surface area contributed by atoms with Gasteiger partial charge in [0.1, 0.15) is 5.82 Å². The lowest BCUT2D eigenvalue weighted by molar-refractivity contribution is -0.138. The van der Waals surface area contributed by atoms with Gasteiger partial charge in [-0.2, -0.15) is 23.1 Å². The first-order valence-electron chi connectivity index (χ1n) is 9.39. The van der Waals surface area contributed by atoms with Crippen molar-refractivity contribution in [2.45, 2.75) is 31.3 Å². The molecule has 29 heavy (non-hydrogen) atoms. The van der Waals surface area contributed by atoms with Gasteiger partial charge in [-0.05, 0) is 23.8 Å². The SMILES string of the molecule is FC(F)(F)c1ccccc1CNc1nc(N2CC3CC(C2)O3)nc2ncccc12. The molecule has 1 N–H and O–H groups in total. The summed E-state index contributed by atoms with van der Waals surface area (Å²) in [5.74, 6) is 0.982. The maximum Gasteiger partial charge on any atom is 0.416 e. The lowest BCUT2D eigenvalue weighted by Gasteiger charge is -2.47. The molecule has 6 rings (SSSR count). The van der Waals surface area contributed by atoms with Crippen molar-refractivity contribution in [1.82, 2.24) is 15.0 Å². The molecule has 3 aliphatic heterocycles. The molecule has 5 heterocycles. The van der Waals surface area contributed by atoms with E-state index in [0.29, 0.717) is 35.9 Å². The van der Waals surface area contributed by atoms with Crippen molar-refractivity contribution in [1.29, 1.82) is 0 Å². The van der Waals surface area contributed by atoms with Crippen LogP contribution in [0.2, 0.25) is 0 Å². The van der Waals surface area contributed by atoms with Gasteiger partial charge in [0, 0.05) is 32.3 Å². The molecule has 0 amide bonds. The second-order valence-electron chi connectivity index (χ2n) is 7.28. The number of pyridine rings is 1. The van der Waals surface area contributed by atoms with Gasteiger partial charge in [-0.1, -0.05) is 18.2 Å². The summed E-state index contributed by atoms with van der Waals surface area (Å²) < 4.78 is 45.5. The molecule has 2 bridgehead atoms. The zero-order chi connectivity index (χ0) is 20.0. The number of hydrogen-bond donors (Lipinski definition) is 1. The molecule has 1 aromatic carbocycles. The zero-order valence-electron chi connectivity index (χ0n) is 15.4. The van der Waals surface area contributed by atoms with Crippen LogP contribution in [0.3, 0.4) is 0 Å². The lowest BCUT2D eigenvalue weighted by atomic mass is 9.99. The molecule has 3 aromatic rings. The Kier molecular flexibility index (Phi) is 4.27. The summed E-state index contributed by atoms with van der Waals surface area (Å²) in [4.78, 5) is 15.5. The minimum Gasteiger partial charge on any atom is -0.371 e. The van der Waals surface area contributed by atoms with Crippen LogP contribution in [-0.2, 0) is 17.5 Å². The van der Waals surface area contributed by atoms with Gasteiger partial charge in [0.15, 0.2) is 5.65 Å². The van der Waals surface area contributed by atoms with Crippen LogP contribution in [-0.4, -0.2) is 40.2 Å². The molecule has 3 fully saturated rings. The number of rotatable bonds is 4. The Bertz CT molecular complexity index is 1040. The molecule has 3 saturated heterocycles. The van der Waals surface area contributed by atoms with Gasteiger partial charge in [-0.3, -0.25) is 0 Å². The third-order valence-corrected chi connectivity index (χ3v) is 5.27. The minimum absolute atomic E-state index is 0.00943. The van der Waals surface area contributed by atoms with Crippen LogP contribution in [0.1, 0.15) is 17.5 Å². The van der Waals surface area contributed by atoms with E-state index < -0.39 is 11.7 Å². The first-order chi connectivity index (χ1) is 14.0. The van der Waals surface area contributed by atoms with Crippen LogP contribution < -0.4 is 10.2 Å². The van der Waals surface area contributed by atoms with E-state index >= 15 is 0 Å². The summed E-state index contributed by atoms with van der Waals surface area (Å²) in [5, 5.41) is 3.74. The second kappa shape index (κ2) is 6.84. The topological polar surface area (TPSA) is 63.2 Å². The van der Waals surface area contributed by atoms with Crippen molar-refractivity contribution in [3.05, 3.63) is 53.7 Å². The fraction of sp³-hybridized carbons (Fsp3) is 0.350. The molecular formula is C20H18F3N5O. The van der Waals surface area contributed by atoms with Gasteiger partial charge in [-0.25, -0.2) is 4.98 Å². The van der Waals surface area contributed by atoms with Gasteiger partial charge in [0.25, 0.3) is 0 Å². The van der Waals surface area contributed by atoms with Crippen molar-refractivity contribution in [2.24, 2.45) is 0 Å². The molecule has 9 heteroatoms. The molecule has 2 aromatic heterocycles. The highest BCUT2D eigenvalue weighted by Crippen LogP contribution is 2.33. The number of anilines is 2. The maximum absolute atomic E-state index is 13.3. The molecule has 0 radical (unpaired) electrons. The predicted octanol–water partition coefficient (Wildman–Crippen LogP) is 3.63. The van der Waals surface area contributed by atoms with Crippen LogP contribution in [0, 0.1) is 0 Å². The third kappa shape index (κ3) is 3.46. The van der Waals surface area contributed by atoms with Crippen LogP contribution >= 0.6 is 0 Å². The largest absolute Gasteiger partial charge is 0.416 e. The summed E-state index contributed by atoms with van der Waals surface area (Å²) in [6.45, 7) is 1.39. The fourth-order valence-electron chi connectivity index (χ4n) is 3.88. The van der Waals surface area contributed by atoms with Gasteiger partial charge in [-0.15, -0.1) is 0 Å². The summed E-state index contributed by atoms with van der Waals surface area (Å²) in [7, 11) is 0. The number of alkyl halides is 3. The van der Waals surface area contributed by atoms with E-state index in [-0.39, 0.29) is 24.3 Å². The summed E-state index contributed by atoms with van der Waals surface area (Å²) >= 11 is 0.